The second-order valence-electron chi connectivity index (χ2n) is 6.05. The van der Waals surface area contributed by atoms with Crippen molar-refractivity contribution in [3.8, 4) is 0 Å². The van der Waals surface area contributed by atoms with E-state index >= 15 is 0 Å². The monoisotopic (exact) mass is 302 g/mol. The number of piperazine rings is 1. The molecule has 0 saturated carbocycles. The summed E-state index contributed by atoms with van der Waals surface area (Å²) in [6, 6.07) is 0. The Morgan fingerprint density at radius 3 is 2.50 bits per heavy atom. The summed E-state index contributed by atoms with van der Waals surface area (Å²) in [5, 5.41) is 3.38. The molecule has 0 atom stereocenters. The zero-order valence-electron chi connectivity index (χ0n) is 14.4. The number of allylic oxidation sites excluding steroid dienone is 2. The molecule has 4 nitrogen and oxygen atoms in total. The van der Waals surface area contributed by atoms with Crippen molar-refractivity contribution in [1.82, 2.24) is 15.3 Å². The van der Waals surface area contributed by atoms with Crippen LogP contribution in [0, 0.1) is 13.8 Å². The normalized spacial score (nSPS) is 15.7. The number of rotatable bonds is 7. The zero-order chi connectivity index (χ0) is 15.8. The molecule has 1 aliphatic heterocycles. The minimum Gasteiger partial charge on any atom is -0.353 e. The van der Waals surface area contributed by atoms with Crippen LogP contribution in [-0.4, -0.2) is 36.1 Å². The van der Waals surface area contributed by atoms with Gasteiger partial charge in [-0.15, -0.1) is 0 Å². The maximum absolute atomic E-state index is 4.84. The fraction of sp³-hybridized carbons (Fsp3) is 0.667. The molecule has 0 radical (unpaired) electrons. The second-order valence-corrected chi connectivity index (χ2v) is 6.05. The Morgan fingerprint density at radius 2 is 1.77 bits per heavy atom. The maximum Gasteiger partial charge on any atom is 0.150 e. The van der Waals surface area contributed by atoms with Gasteiger partial charge in [0, 0.05) is 26.2 Å². The van der Waals surface area contributed by atoms with Crippen LogP contribution < -0.4 is 10.2 Å². The largest absolute Gasteiger partial charge is 0.353 e. The van der Waals surface area contributed by atoms with Gasteiger partial charge < -0.3 is 10.2 Å². The van der Waals surface area contributed by atoms with Crippen LogP contribution in [0.2, 0.25) is 0 Å². The van der Waals surface area contributed by atoms with Crippen molar-refractivity contribution in [3.63, 3.8) is 0 Å². The van der Waals surface area contributed by atoms with Gasteiger partial charge in [0.15, 0.2) is 0 Å². The number of unbranched alkanes of at least 4 members (excludes halogenated alkanes) is 2. The highest BCUT2D eigenvalue weighted by atomic mass is 15.2. The summed E-state index contributed by atoms with van der Waals surface area (Å²) >= 11 is 0. The first-order chi connectivity index (χ1) is 10.7. The Bertz CT molecular complexity index is 490. The van der Waals surface area contributed by atoms with Crippen molar-refractivity contribution in [1.29, 1.82) is 0 Å². The van der Waals surface area contributed by atoms with Crippen LogP contribution in [0.15, 0.2) is 12.2 Å². The van der Waals surface area contributed by atoms with Gasteiger partial charge in [0.25, 0.3) is 0 Å². The molecule has 2 heterocycles. The van der Waals surface area contributed by atoms with Gasteiger partial charge in [0.1, 0.15) is 5.82 Å². The van der Waals surface area contributed by atoms with Crippen LogP contribution in [0.5, 0.6) is 0 Å². The van der Waals surface area contributed by atoms with E-state index in [9.17, 15) is 0 Å². The van der Waals surface area contributed by atoms with E-state index in [2.05, 4.69) is 43.1 Å². The number of anilines is 1. The number of aryl methyl sites for hydroxylation is 3. The van der Waals surface area contributed by atoms with Gasteiger partial charge in [-0.1, -0.05) is 31.9 Å². The molecule has 1 aromatic rings. The average Bonchev–Trinajstić information content (AvgIpc) is 2.54. The van der Waals surface area contributed by atoms with Crippen LogP contribution in [0.1, 0.15) is 49.7 Å². The van der Waals surface area contributed by atoms with Crippen molar-refractivity contribution in [2.45, 2.75) is 52.9 Å². The molecular weight excluding hydrogens is 272 g/mol. The van der Waals surface area contributed by atoms with Crippen molar-refractivity contribution >= 4 is 5.82 Å². The lowest BCUT2D eigenvalue weighted by Gasteiger charge is -2.29. The standard InChI is InChI=1S/C18H30N4/c1-4-5-6-7-8-9-10-17-15(2)21-18(16(3)20-17)22-13-11-19-12-14-22/h7-8,19H,4-6,9-14H2,1-3H3. The molecule has 122 valence electrons. The van der Waals surface area contributed by atoms with Crippen molar-refractivity contribution in [3.05, 3.63) is 29.2 Å². The van der Waals surface area contributed by atoms with Crippen LogP contribution in [0.4, 0.5) is 5.82 Å². The molecule has 1 fully saturated rings. The topological polar surface area (TPSA) is 41.1 Å². The molecule has 1 aromatic heterocycles. The molecule has 0 aromatic carbocycles. The van der Waals surface area contributed by atoms with E-state index in [0.29, 0.717) is 0 Å². The molecule has 1 N–H and O–H groups in total. The number of hydrogen-bond donors (Lipinski definition) is 1. The van der Waals surface area contributed by atoms with Gasteiger partial charge in [-0.25, -0.2) is 4.98 Å². The Balaban J connectivity index is 1.95. The van der Waals surface area contributed by atoms with Gasteiger partial charge >= 0.3 is 0 Å². The number of aromatic nitrogens is 2. The predicted octanol–water partition coefficient (Wildman–Crippen LogP) is 3.18. The highest BCUT2D eigenvalue weighted by molar-refractivity contribution is 5.45. The number of nitrogens with zero attached hydrogens (tertiary/aromatic N) is 3. The van der Waals surface area contributed by atoms with E-state index < -0.39 is 0 Å². The van der Waals surface area contributed by atoms with E-state index in [1.807, 2.05) is 0 Å². The molecular formula is C18H30N4. The van der Waals surface area contributed by atoms with Crippen molar-refractivity contribution in [2.24, 2.45) is 0 Å². The third-order valence-electron chi connectivity index (χ3n) is 4.17. The summed E-state index contributed by atoms with van der Waals surface area (Å²) in [5.41, 5.74) is 3.30. The van der Waals surface area contributed by atoms with E-state index in [0.717, 1.165) is 61.9 Å². The minimum atomic E-state index is 0.990. The minimum absolute atomic E-state index is 0.990. The smallest absolute Gasteiger partial charge is 0.150 e. The number of nitrogens with one attached hydrogen (secondary N) is 1. The maximum atomic E-state index is 4.84. The zero-order valence-corrected chi connectivity index (χ0v) is 14.4. The average molecular weight is 302 g/mol. The van der Waals surface area contributed by atoms with E-state index in [1.165, 1.54) is 19.3 Å². The molecule has 0 bridgehead atoms. The third kappa shape index (κ3) is 4.80. The molecule has 22 heavy (non-hydrogen) atoms. The molecule has 0 spiro atoms. The van der Waals surface area contributed by atoms with Crippen LogP contribution in [0.3, 0.4) is 0 Å². The summed E-state index contributed by atoms with van der Waals surface area (Å²) in [4.78, 5) is 12.0. The van der Waals surface area contributed by atoms with E-state index in [-0.39, 0.29) is 0 Å². The first-order valence-corrected chi connectivity index (χ1v) is 8.67. The molecule has 1 saturated heterocycles. The quantitative estimate of drug-likeness (QED) is 0.620. The van der Waals surface area contributed by atoms with Crippen LogP contribution in [0.25, 0.3) is 0 Å². The molecule has 0 amide bonds. The SMILES string of the molecule is CCCCC=CCCc1nc(C)c(N2CCNCC2)nc1C. The summed E-state index contributed by atoms with van der Waals surface area (Å²) in [6.07, 6.45) is 10.4. The van der Waals surface area contributed by atoms with Crippen molar-refractivity contribution in [2.75, 3.05) is 31.1 Å². The fourth-order valence-corrected chi connectivity index (χ4v) is 2.83. The van der Waals surface area contributed by atoms with E-state index in [4.69, 9.17) is 9.97 Å². The molecule has 0 aliphatic carbocycles. The third-order valence-corrected chi connectivity index (χ3v) is 4.17. The van der Waals surface area contributed by atoms with Gasteiger partial charge in [-0.3, -0.25) is 4.98 Å². The highest BCUT2D eigenvalue weighted by Gasteiger charge is 2.16. The van der Waals surface area contributed by atoms with Gasteiger partial charge in [-0.05, 0) is 33.1 Å². The van der Waals surface area contributed by atoms with Crippen molar-refractivity contribution < 1.29 is 0 Å². The van der Waals surface area contributed by atoms with Crippen LogP contribution >= 0.6 is 0 Å². The summed E-state index contributed by atoms with van der Waals surface area (Å²) in [7, 11) is 0. The van der Waals surface area contributed by atoms with Gasteiger partial charge in [-0.2, -0.15) is 0 Å². The lowest BCUT2D eigenvalue weighted by molar-refractivity contribution is 0.582. The first-order valence-electron chi connectivity index (χ1n) is 8.67. The second kappa shape index (κ2) is 8.89. The Kier molecular flexibility index (Phi) is 6.84. The summed E-state index contributed by atoms with van der Waals surface area (Å²) < 4.78 is 0. The van der Waals surface area contributed by atoms with Crippen LogP contribution in [-0.2, 0) is 6.42 Å². The van der Waals surface area contributed by atoms with Gasteiger partial charge in [0.05, 0.1) is 17.1 Å². The lowest BCUT2D eigenvalue weighted by atomic mass is 10.1. The Labute approximate surface area is 135 Å². The number of hydrogen-bond acceptors (Lipinski definition) is 4. The molecule has 4 heteroatoms. The molecule has 2 rings (SSSR count). The Hall–Kier alpha value is -1.42. The summed E-state index contributed by atoms with van der Waals surface area (Å²) in [5.74, 6) is 1.07. The molecule has 1 aliphatic rings. The molecule has 0 unspecified atom stereocenters. The van der Waals surface area contributed by atoms with E-state index in [1.54, 1.807) is 0 Å². The highest BCUT2D eigenvalue weighted by Crippen LogP contribution is 2.19. The lowest BCUT2D eigenvalue weighted by Crippen LogP contribution is -2.44. The first kappa shape index (κ1) is 16.9. The van der Waals surface area contributed by atoms with Gasteiger partial charge in [0.2, 0.25) is 0 Å². The Morgan fingerprint density at radius 1 is 1.05 bits per heavy atom. The predicted molar refractivity (Wildman–Crippen MR) is 93.6 cm³/mol. The summed E-state index contributed by atoms with van der Waals surface area (Å²) in [6.45, 7) is 10.5. The fourth-order valence-electron chi connectivity index (χ4n) is 2.83.